The molecule has 0 aliphatic carbocycles. The number of carbonyl (C=O) groups excluding carboxylic acids is 4. The lowest BCUT2D eigenvalue weighted by molar-refractivity contribution is -0.146. The summed E-state index contributed by atoms with van der Waals surface area (Å²) in [7, 11) is 0. The third-order valence-corrected chi connectivity index (χ3v) is 6.82. The fourth-order valence-corrected chi connectivity index (χ4v) is 4.81. The minimum atomic E-state index is -1.03. The van der Waals surface area contributed by atoms with E-state index in [-0.39, 0.29) is 76.9 Å². The van der Waals surface area contributed by atoms with Gasteiger partial charge in [0.15, 0.2) is 23.0 Å². The van der Waals surface area contributed by atoms with Gasteiger partial charge in [-0.05, 0) is 55.2 Å². The maximum Gasteiger partial charge on any atom is 0.313 e. The van der Waals surface area contributed by atoms with E-state index in [1.54, 1.807) is 50.2 Å². The van der Waals surface area contributed by atoms with Crippen molar-refractivity contribution in [3.63, 3.8) is 0 Å². The Kier molecular flexibility index (Phi) is 13.3. The Hall–Kier alpha value is -5.14. The fourth-order valence-electron chi connectivity index (χ4n) is 4.81. The Morgan fingerprint density at radius 1 is 0.609 bits per heavy atom. The molecule has 0 atom stereocenters. The van der Waals surface area contributed by atoms with Gasteiger partial charge < -0.3 is 38.6 Å². The number of fused-ring (bicyclic) bond motifs is 2. The molecule has 14 nitrogen and oxygen atoms in total. The third-order valence-electron chi connectivity index (χ3n) is 6.82. The van der Waals surface area contributed by atoms with E-state index in [0.29, 0.717) is 34.1 Å². The topological polar surface area (TPSA) is 198 Å². The van der Waals surface area contributed by atoms with Gasteiger partial charge >= 0.3 is 23.9 Å². The van der Waals surface area contributed by atoms with Crippen LogP contribution in [0.1, 0.15) is 75.3 Å². The summed E-state index contributed by atoms with van der Waals surface area (Å²) in [5.41, 5.74) is 1.32. The van der Waals surface area contributed by atoms with Crippen LogP contribution >= 0.6 is 0 Å². The molecule has 2 N–H and O–H groups in total. The highest BCUT2D eigenvalue weighted by Gasteiger charge is 2.25. The summed E-state index contributed by atoms with van der Waals surface area (Å²) >= 11 is 0. The average Bonchev–Trinajstić information content (AvgIpc) is 3.65. The Balaban J connectivity index is 0.000000275. The average molecular weight is 645 g/mol. The number of Topliss-reactive ketones (excluding diaryl/α,β-unsaturated/α-hetero) is 2. The van der Waals surface area contributed by atoms with E-state index in [0.717, 1.165) is 0 Å². The highest BCUT2D eigenvalue weighted by molar-refractivity contribution is 5.98. The fraction of sp³-hybridized carbons (Fsp3) is 0.438. The summed E-state index contributed by atoms with van der Waals surface area (Å²) < 4.78 is 30.5. The van der Waals surface area contributed by atoms with Gasteiger partial charge in [0.05, 0.1) is 26.1 Å². The summed E-state index contributed by atoms with van der Waals surface area (Å²) in [6, 6.07) is 10.1. The van der Waals surface area contributed by atoms with Crippen molar-refractivity contribution in [1.29, 1.82) is 0 Å². The van der Waals surface area contributed by atoms with Gasteiger partial charge in [0.2, 0.25) is 13.6 Å². The molecule has 0 amide bonds. The molecule has 2 aromatic rings. The van der Waals surface area contributed by atoms with Crippen LogP contribution in [-0.2, 0) is 38.2 Å². The summed E-state index contributed by atoms with van der Waals surface area (Å²) in [6.07, 6.45) is -1.25. The van der Waals surface area contributed by atoms with Gasteiger partial charge in [0.25, 0.3) is 0 Å². The van der Waals surface area contributed by atoms with E-state index in [4.69, 9.17) is 38.6 Å². The van der Waals surface area contributed by atoms with Gasteiger partial charge in [-0.25, -0.2) is 0 Å². The zero-order valence-corrected chi connectivity index (χ0v) is 25.5. The number of ether oxygens (including phenoxy) is 6. The molecule has 2 aromatic carbocycles. The highest BCUT2D eigenvalue weighted by Crippen LogP contribution is 2.37. The number of carboxylic acid groups (broad SMARTS) is 2. The molecule has 0 bridgehead atoms. The summed E-state index contributed by atoms with van der Waals surface area (Å²) in [5, 5.41) is 17.6. The first-order valence-electron chi connectivity index (χ1n) is 14.6. The number of aliphatic carboxylic acids is 2. The van der Waals surface area contributed by atoms with Crippen LogP contribution in [0.15, 0.2) is 36.4 Å². The Morgan fingerprint density at radius 2 is 0.978 bits per heavy atom. The summed E-state index contributed by atoms with van der Waals surface area (Å²) in [6.45, 7) is 3.93. The molecule has 0 fully saturated rings. The van der Waals surface area contributed by atoms with Crippen LogP contribution in [0.4, 0.5) is 0 Å². The van der Waals surface area contributed by atoms with Crippen LogP contribution in [-0.4, -0.2) is 72.5 Å². The second-order valence-corrected chi connectivity index (χ2v) is 10.3. The molecule has 2 aliphatic heterocycles. The molecule has 14 heteroatoms. The quantitative estimate of drug-likeness (QED) is 0.198. The van der Waals surface area contributed by atoms with Crippen molar-refractivity contribution in [2.45, 2.75) is 64.2 Å². The number of benzene rings is 2. The van der Waals surface area contributed by atoms with Crippen LogP contribution in [0.2, 0.25) is 0 Å². The van der Waals surface area contributed by atoms with E-state index in [2.05, 4.69) is 0 Å². The zero-order valence-electron chi connectivity index (χ0n) is 25.5. The zero-order chi connectivity index (χ0) is 33.6. The number of rotatable bonds is 16. The maximum absolute atomic E-state index is 12.3. The second kappa shape index (κ2) is 17.4. The van der Waals surface area contributed by atoms with Crippen LogP contribution in [0.25, 0.3) is 0 Å². The number of hydrogen-bond donors (Lipinski definition) is 2. The first kappa shape index (κ1) is 35.3. The molecule has 0 radical (unpaired) electrons. The molecule has 2 heterocycles. The molecular formula is C32H36O14. The molecule has 248 valence electrons. The molecule has 0 saturated carbocycles. The number of carboxylic acids is 2. The van der Waals surface area contributed by atoms with Crippen molar-refractivity contribution in [2.24, 2.45) is 0 Å². The minimum Gasteiger partial charge on any atom is -0.481 e. The summed E-state index contributed by atoms with van der Waals surface area (Å²) in [4.78, 5) is 69.2. The number of esters is 2. The Labute approximate surface area is 264 Å². The maximum atomic E-state index is 12.3. The monoisotopic (exact) mass is 644 g/mol. The smallest absolute Gasteiger partial charge is 0.313 e. The van der Waals surface area contributed by atoms with Crippen LogP contribution in [0.5, 0.6) is 23.0 Å². The molecule has 46 heavy (non-hydrogen) atoms. The van der Waals surface area contributed by atoms with Gasteiger partial charge in [-0.15, -0.1) is 0 Å². The number of carbonyl (C=O) groups is 6. The van der Waals surface area contributed by atoms with Crippen LogP contribution in [0.3, 0.4) is 0 Å². The van der Waals surface area contributed by atoms with E-state index in [1.165, 1.54) is 0 Å². The minimum absolute atomic E-state index is 0.0347. The molecular weight excluding hydrogens is 608 g/mol. The number of hydrogen-bond acceptors (Lipinski definition) is 12. The lowest BCUT2D eigenvalue weighted by Crippen LogP contribution is -2.18. The second-order valence-electron chi connectivity index (χ2n) is 10.3. The van der Waals surface area contributed by atoms with E-state index in [9.17, 15) is 28.8 Å². The van der Waals surface area contributed by atoms with Crippen molar-refractivity contribution in [2.75, 3.05) is 26.8 Å². The lowest BCUT2D eigenvalue weighted by atomic mass is 9.87. The molecule has 4 rings (SSSR count). The van der Waals surface area contributed by atoms with E-state index in [1.807, 2.05) is 0 Å². The SMILES string of the molecule is CCOC(=O)CC(=O)CC(CC(=O)CC(=O)OCC)c1ccc2c(c1)OCO2.O=C(O)CC(CC(=O)O)c1ccc2c(c1)OCO2. The van der Waals surface area contributed by atoms with Gasteiger partial charge in [-0.1, -0.05) is 12.1 Å². The Morgan fingerprint density at radius 3 is 1.35 bits per heavy atom. The first-order valence-corrected chi connectivity index (χ1v) is 14.6. The Bertz CT molecular complexity index is 1380. The van der Waals surface area contributed by atoms with Crippen molar-refractivity contribution < 1.29 is 67.4 Å². The molecule has 0 unspecified atom stereocenters. The van der Waals surface area contributed by atoms with E-state index >= 15 is 0 Å². The van der Waals surface area contributed by atoms with Crippen molar-refractivity contribution in [1.82, 2.24) is 0 Å². The molecule has 0 aromatic heterocycles. The normalized spacial score (nSPS) is 12.3. The van der Waals surface area contributed by atoms with Crippen molar-refractivity contribution in [3.05, 3.63) is 47.5 Å². The predicted molar refractivity (Wildman–Crippen MR) is 157 cm³/mol. The van der Waals surface area contributed by atoms with E-state index < -0.39 is 35.7 Å². The van der Waals surface area contributed by atoms with Crippen LogP contribution < -0.4 is 18.9 Å². The van der Waals surface area contributed by atoms with Gasteiger partial charge in [-0.2, -0.15) is 0 Å². The first-order chi connectivity index (χ1) is 22.0. The van der Waals surface area contributed by atoms with Gasteiger partial charge in [0, 0.05) is 18.8 Å². The van der Waals surface area contributed by atoms with Gasteiger partial charge in [0.1, 0.15) is 24.4 Å². The predicted octanol–water partition coefficient (Wildman–Crippen LogP) is 3.77. The third kappa shape index (κ3) is 11.1. The number of ketones is 2. The van der Waals surface area contributed by atoms with Gasteiger partial charge in [-0.3, -0.25) is 28.8 Å². The standard InChI is InChI=1S/C20H24O8.C12H12O6/c1-3-25-19(23)10-15(21)7-14(8-16(22)11-20(24)26-4-2)13-5-6-17-18(9-13)28-12-27-17;13-11(14)4-8(5-12(15)16)7-1-2-9-10(3-7)18-6-17-9/h5-6,9,14H,3-4,7-8,10-12H2,1-2H3;1-3,8H,4-6H2,(H,13,14)(H,15,16). The molecule has 2 aliphatic rings. The highest BCUT2D eigenvalue weighted by atomic mass is 16.7. The molecule has 0 spiro atoms. The largest absolute Gasteiger partial charge is 0.481 e. The van der Waals surface area contributed by atoms with Crippen LogP contribution in [0, 0.1) is 0 Å². The summed E-state index contributed by atoms with van der Waals surface area (Å²) in [5.74, 6) is -2.81. The lowest BCUT2D eigenvalue weighted by Gasteiger charge is -2.16. The van der Waals surface area contributed by atoms with Crippen molar-refractivity contribution >= 4 is 35.4 Å². The van der Waals surface area contributed by atoms with Crippen molar-refractivity contribution in [3.8, 4) is 23.0 Å². The molecule has 0 saturated heterocycles.